The van der Waals surface area contributed by atoms with E-state index in [1.165, 1.54) is 0 Å². The topological polar surface area (TPSA) is 64.9 Å². The van der Waals surface area contributed by atoms with Crippen LogP contribution in [0.15, 0.2) is 47.7 Å². The number of alkyl halides is 1. The number of hydrogen-bond donors (Lipinski definition) is 2. The SMILES string of the molecule is CC1(C)CC(=O)C2=C(C1)Nc1cc(C#N)ccc1NC2c1ccc(Cl)cc1Cl.CF. The second kappa shape index (κ2) is 8.67. The number of benzene rings is 2. The zero-order valence-corrected chi connectivity index (χ0v) is 18.5. The summed E-state index contributed by atoms with van der Waals surface area (Å²) in [6.45, 7) is 4.18. The second-order valence-corrected chi connectivity index (χ2v) is 8.92. The fraction of sp³-hybridized carbons (Fsp3) is 0.304. The molecule has 4 rings (SSSR count). The molecule has 1 aliphatic heterocycles. The number of nitriles is 1. The highest BCUT2D eigenvalue weighted by molar-refractivity contribution is 6.35. The molecular formula is C23H22Cl2FN3O. The van der Waals surface area contributed by atoms with Crippen molar-refractivity contribution in [3.05, 3.63) is 68.8 Å². The van der Waals surface area contributed by atoms with Crippen molar-refractivity contribution in [2.24, 2.45) is 5.41 Å². The number of Topliss-reactive ketones (excluding diaryl/α,β-unsaturated/α-hetero) is 1. The van der Waals surface area contributed by atoms with Crippen LogP contribution in [0.2, 0.25) is 10.0 Å². The van der Waals surface area contributed by atoms with Crippen LogP contribution in [0, 0.1) is 16.7 Å². The molecule has 2 aromatic rings. The van der Waals surface area contributed by atoms with Crippen molar-refractivity contribution in [3.63, 3.8) is 0 Å². The Labute approximate surface area is 185 Å². The lowest BCUT2D eigenvalue weighted by Gasteiger charge is -2.34. The minimum Gasteiger partial charge on any atom is -0.372 e. The van der Waals surface area contributed by atoms with Gasteiger partial charge in [0.1, 0.15) is 0 Å². The smallest absolute Gasteiger partial charge is 0.163 e. The number of fused-ring (bicyclic) bond motifs is 1. The molecule has 0 fully saturated rings. The summed E-state index contributed by atoms with van der Waals surface area (Å²) in [4.78, 5) is 13.2. The van der Waals surface area contributed by atoms with E-state index in [1.54, 1.807) is 24.3 Å². The molecule has 2 aliphatic rings. The molecule has 4 nitrogen and oxygen atoms in total. The van der Waals surface area contributed by atoms with Gasteiger partial charge in [0.05, 0.1) is 36.2 Å². The molecule has 1 unspecified atom stereocenters. The average Bonchev–Trinajstić information content (AvgIpc) is 2.84. The summed E-state index contributed by atoms with van der Waals surface area (Å²) >= 11 is 12.6. The summed E-state index contributed by atoms with van der Waals surface area (Å²) in [5.41, 5.74) is 4.37. The molecule has 2 aromatic carbocycles. The lowest BCUT2D eigenvalue weighted by molar-refractivity contribution is -0.118. The van der Waals surface area contributed by atoms with Gasteiger partial charge >= 0.3 is 0 Å². The molecule has 1 atom stereocenters. The summed E-state index contributed by atoms with van der Waals surface area (Å²) in [6, 6.07) is 12.5. The van der Waals surface area contributed by atoms with Crippen LogP contribution in [0.25, 0.3) is 0 Å². The first-order chi connectivity index (χ1) is 14.3. The zero-order chi connectivity index (χ0) is 22.1. The van der Waals surface area contributed by atoms with Gasteiger partial charge in [0.2, 0.25) is 0 Å². The van der Waals surface area contributed by atoms with Crippen molar-refractivity contribution in [3.8, 4) is 6.07 Å². The maximum Gasteiger partial charge on any atom is 0.163 e. The molecule has 0 saturated carbocycles. The van der Waals surface area contributed by atoms with Gasteiger partial charge in [-0.25, -0.2) is 0 Å². The summed E-state index contributed by atoms with van der Waals surface area (Å²) in [7, 11) is 0.500. The first kappa shape index (κ1) is 22.1. The van der Waals surface area contributed by atoms with E-state index in [4.69, 9.17) is 23.2 Å². The Morgan fingerprint density at radius 2 is 1.83 bits per heavy atom. The van der Waals surface area contributed by atoms with Gasteiger partial charge in [-0.2, -0.15) is 5.26 Å². The number of carbonyl (C=O) groups is 1. The van der Waals surface area contributed by atoms with E-state index in [9.17, 15) is 14.4 Å². The minimum absolute atomic E-state index is 0.0931. The molecule has 0 saturated heterocycles. The minimum atomic E-state index is -0.398. The highest BCUT2D eigenvalue weighted by Crippen LogP contribution is 2.46. The molecule has 30 heavy (non-hydrogen) atoms. The molecule has 1 heterocycles. The Hall–Kier alpha value is -2.55. The molecule has 0 spiro atoms. The Balaban J connectivity index is 0.00000124. The molecule has 1 aliphatic carbocycles. The van der Waals surface area contributed by atoms with Gasteiger partial charge in [-0.1, -0.05) is 43.1 Å². The fourth-order valence-electron chi connectivity index (χ4n) is 3.98. The van der Waals surface area contributed by atoms with Gasteiger partial charge < -0.3 is 10.6 Å². The largest absolute Gasteiger partial charge is 0.372 e. The number of carbonyl (C=O) groups excluding carboxylic acids is 1. The van der Waals surface area contributed by atoms with Crippen molar-refractivity contribution in [1.82, 2.24) is 0 Å². The predicted octanol–water partition coefficient (Wildman–Crippen LogP) is 6.67. The van der Waals surface area contributed by atoms with Crippen LogP contribution >= 0.6 is 23.2 Å². The molecule has 0 aromatic heterocycles. The summed E-state index contributed by atoms with van der Waals surface area (Å²) < 4.78 is 9.50. The molecule has 0 bridgehead atoms. The van der Waals surface area contributed by atoms with Crippen LogP contribution in [-0.4, -0.2) is 13.0 Å². The molecule has 156 valence electrons. The monoisotopic (exact) mass is 445 g/mol. The van der Waals surface area contributed by atoms with Crippen LogP contribution in [-0.2, 0) is 4.79 Å². The van der Waals surface area contributed by atoms with Crippen molar-refractivity contribution in [1.29, 1.82) is 5.26 Å². The van der Waals surface area contributed by atoms with Gasteiger partial charge in [0.25, 0.3) is 0 Å². The van der Waals surface area contributed by atoms with Crippen LogP contribution < -0.4 is 10.6 Å². The summed E-state index contributed by atoms with van der Waals surface area (Å²) in [5, 5.41) is 17.2. The number of allylic oxidation sites excluding steroid dienone is 1. The number of nitrogens with zero attached hydrogens (tertiary/aromatic N) is 1. The first-order valence-corrected chi connectivity index (χ1v) is 10.2. The Kier molecular flexibility index (Phi) is 6.40. The molecule has 0 radical (unpaired) electrons. The van der Waals surface area contributed by atoms with Crippen molar-refractivity contribution in [2.75, 3.05) is 17.8 Å². The predicted molar refractivity (Wildman–Crippen MR) is 120 cm³/mol. The lowest BCUT2D eigenvalue weighted by Crippen LogP contribution is -2.31. The van der Waals surface area contributed by atoms with E-state index in [0.29, 0.717) is 34.8 Å². The van der Waals surface area contributed by atoms with Gasteiger partial charge in [0, 0.05) is 27.7 Å². The third-order valence-corrected chi connectivity index (χ3v) is 5.78. The van der Waals surface area contributed by atoms with Gasteiger partial charge in [0.15, 0.2) is 5.78 Å². The maximum absolute atomic E-state index is 13.2. The number of nitrogens with one attached hydrogen (secondary N) is 2. The van der Waals surface area contributed by atoms with E-state index in [2.05, 4.69) is 30.6 Å². The molecule has 7 heteroatoms. The summed E-state index contributed by atoms with van der Waals surface area (Å²) in [6.07, 6.45) is 1.20. The van der Waals surface area contributed by atoms with E-state index in [0.717, 1.165) is 29.1 Å². The van der Waals surface area contributed by atoms with Gasteiger partial charge in [-0.3, -0.25) is 9.18 Å². The van der Waals surface area contributed by atoms with Crippen LogP contribution in [0.1, 0.15) is 43.9 Å². The number of anilines is 2. The van der Waals surface area contributed by atoms with Crippen LogP contribution in [0.4, 0.5) is 15.8 Å². The average molecular weight is 446 g/mol. The van der Waals surface area contributed by atoms with Crippen LogP contribution in [0.3, 0.4) is 0 Å². The lowest BCUT2D eigenvalue weighted by atomic mass is 9.73. The highest BCUT2D eigenvalue weighted by Gasteiger charge is 2.39. The van der Waals surface area contributed by atoms with Gasteiger partial charge in [-0.05, 0) is 47.7 Å². The van der Waals surface area contributed by atoms with Crippen molar-refractivity contribution >= 4 is 40.4 Å². The molecule has 2 N–H and O–H groups in total. The third kappa shape index (κ3) is 4.30. The normalized spacial score (nSPS) is 19.1. The Bertz CT molecular complexity index is 1070. The third-order valence-electron chi connectivity index (χ3n) is 5.22. The standard InChI is InChI=1S/C22H19Cl2N3O.CH3F/c1-22(2)9-18-20(19(28)10-22)21(14-5-4-13(23)8-15(14)24)27-16-6-3-12(11-25)7-17(16)26-18;1-2/h3-8,21,26-27H,9-10H2,1-2H3;1H3. The number of hydrogen-bond acceptors (Lipinski definition) is 4. The number of ketones is 1. The number of halogens is 3. The molecular weight excluding hydrogens is 424 g/mol. The quantitative estimate of drug-likeness (QED) is 0.513. The van der Waals surface area contributed by atoms with E-state index < -0.39 is 6.04 Å². The van der Waals surface area contributed by atoms with Crippen LogP contribution in [0.5, 0.6) is 0 Å². The van der Waals surface area contributed by atoms with Crippen molar-refractivity contribution < 1.29 is 9.18 Å². The number of rotatable bonds is 1. The highest BCUT2D eigenvalue weighted by atomic mass is 35.5. The molecule has 0 amide bonds. The van der Waals surface area contributed by atoms with E-state index in [1.807, 2.05) is 12.1 Å². The zero-order valence-electron chi connectivity index (χ0n) is 16.9. The Morgan fingerprint density at radius 3 is 2.50 bits per heavy atom. The first-order valence-electron chi connectivity index (χ1n) is 9.44. The Morgan fingerprint density at radius 1 is 1.10 bits per heavy atom. The second-order valence-electron chi connectivity index (χ2n) is 8.07. The van der Waals surface area contributed by atoms with Gasteiger partial charge in [-0.15, -0.1) is 0 Å². The van der Waals surface area contributed by atoms with E-state index in [-0.39, 0.29) is 11.2 Å². The maximum atomic E-state index is 13.2. The van der Waals surface area contributed by atoms with Crippen molar-refractivity contribution in [2.45, 2.75) is 32.7 Å². The fourth-order valence-corrected chi connectivity index (χ4v) is 4.50. The van der Waals surface area contributed by atoms with E-state index >= 15 is 0 Å². The summed E-state index contributed by atoms with van der Waals surface area (Å²) in [5.74, 6) is 0.0931.